The van der Waals surface area contributed by atoms with Crippen molar-refractivity contribution in [2.24, 2.45) is 10.3 Å². The minimum Gasteiger partial charge on any atom is -0.355 e. The number of hydrogen-bond acceptors (Lipinski definition) is 4. The van der Waals surface area contributed by atoms with Crippen LogP contribution in [0.4, 0.5) is 0 Å². The molecule has 2 aromatic rings. The topological polar surface area (TPSA) is 78.8 Å². The number of fused-ring (bicyclic) bond motifs is 1. The third kappa shape index (κ3) is 3.77. The normalized spacial score (nSPS) is 20.4. The van der Waals surface area contributed by atoms with E-state index in [0.29, 0.717) is 36.1 Å². The molecule has 0 aliphatic carbocycles. The number of halogens is 1. The number of carbonyl (C=O) groups is 1. The average Bonchev–Trinajstić information content (AvgIpc) is 2.99. The average molecular weight is 418 g/mol. The Balaban J connectivity index is 1.45. The lowest BCUT2D eigenvalue weighted by atomic mass is 9.96. The summed E-state index contributed by atoms with van der Waals surface area (Å²) in [5.74, 6) is 0.208. The fourth-order valence-electron chi connectivity index (χ4n) is 3.64. The number of sulfonamides is 1. The molecule has 8 heteroatoms. The quantitative estimate of drug-likeness (QED) is 0.832. The Labute approximate surface area is 169 Å². The van der Waals surface area contributed by atoms with E-state index in [-0.39, 0.29) is 16.7 Å². The van der Waals surface area contributed by atoms with Gasteiger partial charge in [0.15, 0.2) is 5.84 Å². The molecule has 0 saturated carbocycles. The summed E-state index contributed by atoms with van der Waals surface area (Å²) in [6, 6.07) is 14.2. The second-order valence-corrected chi connectivity index (χ2v) is 9.02. The number of rotatable bonds is 3. The van der Waals surface area contributed by atoms with Crippen LogP contribution in [0.2, 0.25) is 5.02 Å². The summed E-state index contributed by atoms with van der Waals surface area (Å²) < 4.78 is 28.6. The first-order chi connectivity index (χ1) is 13.4. The molecule has 2 heterocycles. The van der Waals surface area contributed by atoms with Gasteiger partial charge in [-0.2, -0.15) is 8.42 Å². The van der Waals surface area contributed by atoms with Gasteiger partial charge in [-0.3, -0.25) is 4.79 Å². The second-order valence-electron chi connectivity index (χ2n) is 7.02. The van der Waals surface area contributed by atoms with Crippen molar-refractivity contribution in [2.45, 2.75) is 24.3 Å². The van der Waals surface area contributed by atoms with Gasteiger partial charge in [-0.1, -0.05) is 35.9 Å². The largest absolute Gasteiger partial charge is 0.355 e. The first-order valence-electron chi connectivity index (χ1n) is 9.15. The summed E-state index contributed by atoms with van der Waals surface area (Å²) in [7, 11) is -3.66. The van der Waals surface area contributed by atoms with Crippen LogP contribution < -0.4 is 5.32 Å². The second kappa shape index (κ2) is 7.56. The van der Waals surface area contributed by atoms with Gasteiger partial charge in [0.25, 0.3) is 10.0 Å². The molecule has 0 spiro atoms. The van der Waals surface area contributed by atoms with Crippen molar-refractivity contribution in [3.8, 4) is 0 Å². The van der Waals surface area contributed by atoms with E-state index in [9.17, 15) is 13.2 Å². The molecule has 1 saturated heterocycles. The van der Waals surface area contributed by atoms with Gasteiger partial charge in [0.05, 0.1) is 5.92 Å². The lowest BCUT2D eigenvalue weighted by molar-refractivity contribution is -0.126. The fraction of sp³-hybridized carbons (Fsp3) is 0.300. The molecule has 0 bridgehead atoms. The number of hydrogen-bond donors (Lipinski definition) is 1. The van der Waals surface area contributed by atoms with E-state index in [1.54, 1.807) is 36.4 Å². The maximum atomic E-state index is 12.6. The molecule has 2 aliphatic heterocycles. The zero-order chi connectivity index (χ0) is 19.7. The number of benzene rings is 2. The van der Waals surface area contributed by atoms with Crippen LogP contribution in [-0.4, -0.2) is 38.2 Å². The van der Waals surface area contributed by atoms with E-state index in [1.165, 1.54) is 0 Å². The molecule has 28 heavy (non-hydrogen) atoms. The summed E-state index contributed by atoms with van der Waals surface area (Å²) >= 11 is 5.88. The Kier molecular flexibility index (Phi) is 5.12. The monoisotopic (exact) mass is 417 g/mol. The highest BCUT2D eigenvalue weighted by Gasteiger charge is 2.35. The van der Waals surface area contributed by atoms with E-state index in [4.69, 9.17) is 11.6 Å². The molecule has 1 unspecified atom stereocenters. The molecule has 1 atom stereocenters. The minimum atomic E-state index is -3.66. The number of nitrogens with zero attached hydrogens (tertiary/aromatic N) is 2. The Morgan fingerprint density at radius 3 is 2.71 bits per heavy atom. The highest BCUT2D eigenvalue weighted by Crippen LogP contribution is 2.29. The lowest BCUT2D eigenvalue weighted by Gasteiger charge is -2.33. The van der Waals surface area contributed by atoms with Crippen LogP contribution in [0.25, 0.3) is 0 Å². The molecular weight excluding hydrogens is 398 g/mol. The minimum absolute atomic E-state index is 0.0330. The molecule has 1 amide bonds. The van der Waals surface area contributed by atoms with Crippen molar-refractivity contribution < 1.29 is 13.2 Å². The van der Waals surface area contributed by atoms with Crippen LogP contribution in [0.1, 0.15) is 24.0 Å². The van der Waals surface area contributed by atoms with Gasteiger partial charge in [-0.05, 0) is 42.7 Å². The van der Waals surface area contributed by atoms with E-state index < -0.39 is 10.0 Å². The summed E-state index contributed by atoms with van der Waals surface area (Å²) in [5.41, 5.74) is 1.59. The Hall–Kier alpha value is -2.38. The van der Waals surface area contributed by atoms with Crippen molar-refractivity contribution in [1.29, 1.82) is 0 Å². The maximum Gasteiger partial charge on any atom is 0.285 e. The molecule has 2 aromatic carbocycles. The first kappa shape index (κ1) is 19.0. The smallest absolute Gasteiger partial charge is 0.285 e. The van der Waals surface area contributed by atoms with E-state index in [1.807, 2.05) is 17.0 Å². The zero-order valence-corrected chi connectivity index (χ0v) is 16.7. The predicted molar refractivity (Wildman–Crippen MR) is 108 cm³/mol. The van der Waals surface area contributed by atoms with E-state index in [2.05, 4.69) is 9.71 Å². The molecule has 2 aliphatic rings. The SMILES string of the molecule is O=C(NCc1ccc(Cl)cc1)C1CCCN(C2=NS(=O)(=O)c3ccccc32)C1. The number of amides is 1. The van der Waals surface area contributed by atoms with Crippen LogP contribution in [0, 0.1) is 5.92 Å². The number of nitrogens with one attached hydrogen (secondary N) is 1. The van der Waals surface area contributed by atoms with Gasteiger partial charge in [-0.25, -0.2) is 0 Å². The third-order valence-electron chi connectivity index (χ3n) is 5.08. The predicted octanol–water partition coefficient (Wildman–Crippen LogP) is 2.82. The van der Waals surface area contributed by atoms with Gasteiger partial charge < -0.3 is 10.2 Å². The molecule has 6 nitrogen and oxygen atoms in total. The van der Waals surface area contributed by atoms with E-state index >= 15 is 0 Å². The van der Waals surface area contributed by atoms with Crippen LogP contribution >= 0.6 is 11.6 Å². The van der Waals surface area contributed by atoms with Crippen molar-refractivity contribution >= 4 is 33.4 Å². The third-order valence-corrected chi connectivity index (χ3v) is 6.66. The van der Waals surface area contributed by atoms with Crippen LogP contribution in [0.15, 0.2) is 57.8 Å². The molecule has 1 fully saturated rings. The van der Waals surface area contributed by atoms with Crippen LogP contribution in [0.3, 0.4) is 0 Å². The van der Waals surface area contributed by atoms with Gasteiger partial charge in [-0.15, -0.1) is 4.40 Å². The number of likely N-dealkylation sites (tertiary alicyclic amines) is 1. The molecule has 1 N–H and O–H groups in total. The maximum absolute atomic E-state index is 12.6. The number of amidine groups is 1. The van der Waals surface area contributed by atoms with Crippen molar-refractivity contribution in [1.82, 2.24) is 10.2 Å². The summed E-state index contributed by atoms with van der Waals surface area (Å²) in [5, 5.41) is 3.63. The van der Waals surface area contributed by atoms with Gasteiger partial charge in [0, 0.05) is 30.2 Å². The fourth-order valence-corrected chi connectivity index (χ4v) is 4.99. The Morgan fingerprint density at radius 2 is 1.93 bits per heavy atom. The molecule has 4 rings (SSSR count). The number of piperidine rings is 1. The van der Waals surface area contributed by atoms with Crippen molar-refractivity contribution in [3.63, 3.8) is 0 Å². The molecular formula is C20H20ClN3O3S. The zero-order valence-electron chi connectivity index (χ0n) is 15.1. The van der Waals surface area contributed by atoms with Crippen molar-refractivity contribution in [2.75, 3.05) is 13.1 Å². The van der Waals surface area contributed by atoms with Gasteiger partial charge >= 0.3 is 0 Å². The van der Waals surface area contributed by atoms with E-state index in [0.717, 1.165) is 18.4 Å². The van der Waals surface area contributed by atoms with Crippen LogP contribution in [-0.2, 0) is 21.4 Å². The van der Waals surface area contributed by atoms with Gasteiger partial charge in [0.2, 0.25) is 5.91 Å². The standard InChI is InChI=1S/C20H20ClN3O3S/c21-16-9-7-14(8-10-16)12-22-20(25)15-4-3-11-24(13-15)19-17-5-1-2-6-18(17)28(26,27)23-19/h1-2,5-10,15H,3-4,11-13H2,(H,22,25). The molecule has 0 radical (unpaired) electrons. The highest BCUT2D eigenvalue weighted by molar-refractivity contribution is 7.90. The van der Waals surface area contributed by atoms with Gasteiger partial charge in [0.1, 0.15) is 4.90 Å². The summed E-state index contributed by atoms with van der Waals surface area (Å²) in [6.07, 6.45) is 1.57. The summed E-state index contributed by atoms with van der Waals surface area (Å²) in [4.78, 5) is 14.8. The molecule has 0 aromatic heterocycles. The Bertz CT molecular complexity index is 1030. The Morgan fingerprint density at radius 1 is 1.18 bits per heavy atom. The number of carbonyl (C=O) groups excluding carboxylic acids is 1. The first-order valence-corrected chi connectivity index (χ1v) is 11.0. The highest BCUT2D eigenvalue weighted by atomic mass is 35.5. The lowest BCUT2D eigenvalue weighted by Crippen LogP contribution is -2.45. The molecule has 146 valence electrons. The van der Waals surface area contributed by atoms with Crippen LogP contribution in [0.5, 0.6) is 0 Å². The van der Waals surface area contributed by atoms with Crippen molar-refractivity contribution in [3.05, 3.63) is 64.7 Å². The summed E-state index contributed by atoms with van der Waals surface area (Å²) in [6.45, 7) is 1.57.